The molecule has 0 unspecified atom stereocenters. The minimum absolute atomic E-state index is 0.353. The maximum absolute atomic E-state index is 11.2. The summed E-state index contributed by atoms with van der Waals surface area (Å²) in [5, 5.41) is 8.29. The molecule has 0 aliphatic rings. The lowest BCUT2D eigenvalue weighted by molar-refractivity contribution is 0.604. The van der Waals surface area contributed by atoms with Crippen LogP contribution < -0.4 is 4.72 Å². The Labute approximate surface area is 96.3 Å². The van der Waals surface area contributed by atoms with E-state index >= 15 is 0 Å². The van der Waals surface area contributed by atoms with E-state index in [2.05, 4.69) is 25.6 Å². The van der Waals surface area contributed by atoms with Gasteiger partial charge in [-0.15, -0.1) is 0 Å². The van der Waals surface area contributed by atoms with Crippen molar-refractivity contribution < 1.29 is 8.42 Å². The van der Waals surface area contributed by atoms with Gasteiger partial charge in [-0.05, 0) is 34.5 Å². The van der Waals surface area contributed by atoms with Gasteiger partial charge in [-0.2, -0.15) is 5.26 Å². The third-order valence-electron chi connectivity index (χ3n) is 1.54. The zero-order chi connectivity index (χ0) is 11.5. The van der Waals surface area contributed by atoms with Gasteiger partial charge >= 0.3 is 0 Å². The first-order valence-corrected chi connectivity index (χ1v) is 6.39. The Morgan fingerprint density at radius 3 is 2.87 bits per heavy atom. The van der Waals surface area contributed by atoms with Crippen molar-refractivity contribution in [1.29, 1.82) is 5.26 Å². The molecule has 0 spiro atoms. The molecule has 0 amide bonds. The molecule has 0 saturated heterocycles. The summed E-state index contributed by atoms with van der Waals surface area (Å²) in [6.07, 6.45) is 1.38. The molecule has 80 valence electrons. The highest BCUT2D eigenvalue weighted by molar-refractivity contribution is 9.10. The van der Waals surface area contributed by atoms with Crippen LogP contribution in [0.3, 0.4) is 0 Å². The van der Waals surface area contributed by atoms with E-state index in [1.54, 1.807) is 19.1 Å². The molecule has 0 aliphatic carbocycles. The van der Waals surface area contributed by atoms with Gasteiger partial charge in [-0.3, -0.25) is 4.72 Å². The van der Waals surface area contributed by atoms with E-state index in [1.165, 1.54) is 6.20 Å². The maximum atomic E-state index is 11.2. The van der Waals surface area contributed by atoms with Gasteiger partial charge in [-0.1, -0.05) is 0 Å². The SMILES string of the molecule is Cc1cc(NS(=O)(=O)CC#N)cnc1Br. The predicted molar refractivity (Wildman–Crippen MR) is 59.7 cm³/mol. The summed E-state index contributed by atoms with van der Waals surface area (Å²) < 4.78 is 25.4. The van der Waals surface area contributed by atoms with Crippen LogP contribution in [0.15, 0.2) is 16.9 Å². The van der Waals surface area contributed by atoms with Crippen LogP contribution in [0.2, 0.25) is 0 Å². The highest BCUT2D eigenvalue weighted by atomic mass is 79.9. The van der Waals surface area contributed by atoms with Crippen molar-refractivity contribution in [2.75, 3.05) is 10.5 Å². The smallest absolute Gasteiger partial charge is 0.246 e. The molecule has 7 heteroatoms. The minimum Gasteiger partial charge on any atom is -0.281 e. The third kappa shape index (κ3) is 3.49. The first-order valence-electron chi connectivity index (χ1n) is 3.94. The normalized spacial score (nSPS) is 10.7. The molecule has 0 radical (unpaired) electrons. The number of nitriles is 1. The van der Waals surface area contributed by atoms with Crippen LogP contribution in [0.4, 0.5) is 5.69 Å². The Morgan fingerprint density at radius 1 is 1.67 bits per heavy atom. The lowest BCUT2D eigenvalue weighted by Gasteiger charge is -2.05. The molecule has 0 bridgehead atoms. The second-order valence-corrected chi connectivity index (χ2v) is 5.32. The molecule has 1 aromatic rings. The van der Waals surface area contributed by atoms with Crippen molar-refractivity contribution in [3.05, 3.63) is 22.4 Å². The van der Waals surface area contributed by atoms with Crippen LogP contribution in [0.1, 0.15) is 5.56 Å². The lowest BCUT2D eigenvalue weighted by atomic mass is 10.3. The second kappa shape index (κ2) is 4.59. The Kier molecular flexibility index (Phi) is 3.66. The number of rotatable bonds is 3. The van der Waals surface area contributed by atoms with E-state index in [9.17, 15) is 8.42 Å². The number of pyridine rings is 1. The number of halogens is 1. The van der Waals surface area contributed by atoms with Gasteiger partial charge in [0.25, 0.3) is 0 Å². The Balaban J connectivity index is 2.92. The zero-order valence-electron chi connectivity index (χ0n) is 7.86. The number of anilines is 1. The number of nitrogens with one attached hydrogen (secondary N) is 1. The van der Waals surface area contributed by atoms with Crippen molar-refractivity contribution in [3.63, 3.8) is 0 Å². The molecule has 0 atom stereocenters. The van der Waals surface area contributed by atoms with E-state index in [-0.39, 0.29) is 0 Å². The van der Waals surface area contributed by atoms with Crippen molar-refractivity contribution in [1.82, 2.24) is 4.98 Å². The number of hydrogen-bond acceptors (Lipinski definition) is 4. The highest BCUT2D eigenvalue weighted by Gasteiger charge is 2.10. The number of hydrogen-bond donors (Lipinski definition) is 1. The number of aromatic nitrogens is 1. The molecule has 1 aromatic heterocycles. The minimum atomic E-state index is -3.58. The van der Waals surface area contributed by atoms with E-state index in [1.807, 2.05) is 0 Å². The van der Waals surface area contributed by atoms with Crippen LogP contribution in [0.25, 0.3) is 0 Å². The zero-order valence-corrected chi connectivity index (χ0v) is 10.3. The molecule has 0 saturated carbocycles. The van der Waals surface area contributed by atoms with Crippen LogP contribution >= 0.6 is 15.9 Å². The van der Waals surface area contributed by atoms with Crippen LogP contribution in [-0.4, -0.2) is 19.2 Å². The number of nitrogens with zero attached hydrogens (tertiary/aromatic N) is 2. The summed E-state index contributed by atoms with van der Waals surface area (Å²) in [5.74, 6) is -0.567. The summed E-state index contributed by atoms with van der Waals surface area (Å²) in [5.41, 5.74) is 1.16. The first kappa shape index (κ1) is 11.9. The van der Waals surface area contributed by atoms with Crippen molar-refractivity contribution in [2.24, 2.45) is 0 Å². The van der Waals surface area contributed by atoms with Gasteiger partial charge < -0.3 is 0 Å². The standard InChI is InChI=1S/C8H8BrN3O2S/c1-6-4-7(5-11-8(6)9)12-15(13,14)3-2-10/h4-5,12H,3H2,1H3. The topological polar surface area (TPSA) is 82.9 Å². The number of aryl methyl sites for hydroxylation is 1. The molecule has 1 heterocycles. The second-order valence-electron chi connectivity index (χ2n) is 2.85. The van der Waals surface area contributed by atoms with E-state index in [0.29, 0.717) is 10.3 Å². The van der Waals surface area contributed by atoms with Gasteiger partial charge in [0.2, 0.25) is 10.0 Å². The third-order valence-corrected chi connectivity index (χ3v) is 3.43. The molecule has 0 fully saturated rings. The molecule has 0 aromatic carbocycles. The molecule has 5 nitrogen and oxygen atoms in total. The van der Waals surface area contributed by atoms with Crippen molar-refractivity contribution in [2.45, 2.75) is 6.92 Å². The van der Waals surface area contributed by atoms with E-state index < -0.39 is 15.8 Å². The molecule has 1 rings (SSSR count). The molecule has 1 N–H and O–H groups in total. The summed E-state index contributed by atoms with van der Waals surface area (Å²) in [6, 6.07) is 3.21. The molecule has 0 aliphatic heterocycles. The van der Waals surface area contributed by atoms with Crippen LogP contribution in [0.5, 0.6) is 0 Å². The fourth-order valence-electron chi connectivity index (χ4n) is 0.915. The average Bonchev–Trinajstić information content (AvgIpc) is 2.10. The summed E-state index contributed by atoms with van der Waals surface area (Å²) in [6.45, 7) is 1.79. The van der Waals surface area contributed by atoms with Gasteiger partial charge in [0.1, 0.15) is 4.60 Å². The Morgan fingerprint density at radius 2 is 2.33 bits per heavy atom. The van der Waals surface area contributed by atoms with Crippen LogP contribution in [0, 0.1) is 18.3 Å². The fourth-order valence-corrected chi connectivity index (χ4v) is 1.84. The van der Waals surface area contributed by atoms with Gasteiger partial charge in [0.15, 0.2) is 5.75 Å². The summed E-state index contributed by atoms with van der Waals surface area (Å²) in [7, 11) is -3.58. The fraction of sp³-hybridized carbons (Fsp3) is 0.250. The van der Waals surface area contributed by atoms with E-state index in [0.717, 1.165) is 5.56 Å². The van der Waals surface area contributed by atoms with Crippen molar-refractivity contribution in [3.8, 4) is 6.07 Å². The summed E-state index contributed by atoms with van der Waals surface area (Å²) in [4.78, 5) is 3.93. The van der Waals surface area contributed by atoms with Gasteiger partial charge in [0.05, 0.1) is 18.0 Å². The van der Waals surface area contributed by atoms with Gasteiger partial charge in [-0.25, -0.2) is 13.4 Å². The quantitative estimate of drug-likeness (QED) is 0.853. The monoisotopic (exact) mass is 289 g/mol. The lowest BCUT2D eigenvalue weighted by Crippen LogP contribution is -2.15. The Bertz CT molecular complexity index is 507. The van der Waals surface area contributed by atoms with Crippen molar-refractivity contribution >= 4 is 31.6 Å². The van der Waals surface area contributed by atoms with E-state index in [4.69, 9.17) is 5.26 Å². The summed E-state index contributed by atoms with van der Waals surface area (Å²) >= 11 is 3.20. The molecular weight excluding hydrogens is 282 g/mol. The highest BCUT2D eigenvalue weighted by Crippen LogP contribution is 2.17. The average molecular weight is 290 g/mol. The largest absolute Gasteiger partial charge is 0.281 e. The predicted octanol–water partition coefficient (Wildman–Crippen LogP) is 1.42. The van der Waals surface area contributed by atoms with Gasteiger partial charge in [0, 0.05) is 0 Å². The van der Waals surface area contributed by atoms with Crippen LogP contribution in [-0.2, 0) is 10.0 Å². The Hall–Kier alpha value is -1.13. The number of sulfonamides is 1. The first-order chi connectivity index (χ1) is 6.94. The maximum Gasteiger partial charge on any atom is 0.246 e. The molecule has 15 heavy (non-hydrogen) atoms. The molecular formula is C8H8BrN3O2S.